The lowest BCUT2D eigenvalue weighted by Crippen LogP contribution is -2.52. The summed E-state index contributed by atoms with van der Waals surface area (Å²) in [5.74, 6) is -0.895. The maximum absolute atomic E-state index is 13.7. The van der Waals surface area contributed by atoms with Crippen molar-refractivity contribution in [1.82, 2.24) is 10.2 Å². The summed E-state index contributed by atoms with van der Waals surface area (Å²) in [6.07, 6.45) is 4.88. The standard InChI is InChI=1S/C25H30Cl3N3O4S/c1-16-11-12-18(26)13-23(16)31(36(3,34)35)15-24(32)30(14-20-21(27)9-6-10-22(20)28)17(2)25(33)29-19-7-4-5-8-19/h6,9-13,17,19H,4-5,7-8,14-15H2,1-3H3,(H,29,33)/t17-/m0/s1. The second-order valence-corrected chi connectivity index (χ2v) is 12.2. The van der Waals surface area contributed by atoms with Crippen molar-refractivity contribution < 1.29 is 18.0 Å². The van der Waals surface area contributed by atoms with Gasteiger partial charge in [0.25, 0.3) is 0 Å². The van der Waals surface area contributed by atoms with Crippen LogP contribution in [0.2, 0.25) is 15.1 Å². The van der Waals surface area contributed by atoms with E-state index in [1.807, 2.05) is 0 Å². The molecule has 0 spiro atoms. The number of hydrogen-bond donors (Lipinski definition) is 1. The lowest BCUT2D eigenvalue weighted by molar-refractivity contribution is -0.139. The molecule has 3 rings (SSSR count). The summed E-state index contributed by atoms with van der Waals surface area (Å²) in [7, 11) is -3.87. The van der Waals surface area contributed by atoms with E-state index in [4.69, 9.17) is 34.8 Å². The van der Waals surface area contributed by atoms with Gasteiger partial charge in [-0.25, -0.2) is 8.42 Å². The molecule has 1 N–H and O–H groups in total. The van der Waals surface area contributed by atoms with E-state index in [0.717, 1.165) is 36.2 Å². The first-order valence-corrected chi connectivity index (χ1v) is 14.6. The van der Waals surface area contributed by atoms with Crippen LogP contribution in [0.3, 0.4) is 0 Å². The van der Waals surface area contributed by atoms with Gasteiger partial charge in [-0.1, -0.05) is 59.8 Å². The lowest BCUT2D eigenvalue weighted by atomic mass is 10.1. The van der Waals surface area contributed by atoms with Gasteiger partial charge in [0.15, 0.2) is 0 Å². The molecule has 7 nitrogen and oxygen atoms in total. The van der Waals surface area contributed by atoms with Crippen molar-refractivity contribution in [3.8, 4) is 0 Å². The first kappa shape index (κ1) is 28.6. The van der Waals surface area contributed by atoms with Crippen molar-refractivity contribution in [2.75, 3.05) is 17.1 Å². The molecule has 196 valence electrons. The number of nitrogens with zero attached hydrogens (tertiary/aromatic N) is 2. The molecule has 1 aliphatic carbocycles. The molecule has 11 heteroatoms. The van der Waals surface area contributed by atoms with Gasteiger partial charge in [0.2, 0.25) is 21.8 Å². The van der Waals surface area contributed by atoms with E-state index in [9.17, 15) is 18.0 Å². The van der Waals surface area contributed by atoms with Gasteiger partial charge in [0.05, 0.1) is 11.9 Å². The van der Waals surface area contributed by atoms with Crippen LogP contribution in [-0.2, 0) is 26.2 Å². The minimum absolute atomic E-state index is 0.0578. The van der Waals surface area contributed by atoms with Crippen LogP contribution in [0, 0.1) is 6.92 Å². The normalized spacial score (nSPS) is 14.9. The fourth-order valence-electron chi connectivity index (χ4n) is 4.27. The molecule has 1 aliphatic rings. The molecule has 2 aromatic carbocycles. The van der Waals surface area contributed by atoms with Crippen LogP contribution < -0.4 is 9.62 Å². The third kappa shape index (κ3) is 7.06. The molecular weight excluding hydrogens is 545 g/mol. The smallest absolute Gasteiger partial charge is 0.244 e. The Morgan fingerprint density at radius 2 is 1.69 bits per heavy atom. The van der Waals surface area contributed by atoms with E-state index in [1.165, 1.54) is 11.0 Å². The number of carbonyl (C=O) groups excluding carboxylic acids is 2. The zero-order valence-electron chi connectivity index (χ0n) is 20.4. The van der Waals surface area contributed by atoms with Crippen molar-refractivity contribution in [1.29, 1.82) is 0 Å². The summed E-state index contributed by atoms with van der Waals surface area (Å²) in [4.78, 5) is 28.2. The molecule has 2 aromatic rings. The number of amides is 2. The van der Waals surface area contributed by atoms with Gasteiger partial charge in [-0.05, 0) is 56.5 Å². The summed E-state index contributed by atoms with van der Waals surface area (Å²) in [6.45, 7) is 2.75. The number of carbonyl (C=O) groups is 2. The number of anilines is 1. The van der Waals surface area contributed by atoms with Crippen molar-refractivity contribution in [3.05, 3.63) is 62.6 Å². The van der Waals surface area contributed by atoms with Gasteiger partial charge in [-0.15, -0.1) is 0 Å². The Bertz CT molecular complexity index is 1210. The average molecular weight is 575 g/mol. The summed E-state index contributed by atoms with van der Waals surface area (Å²) in [5.41, 5.74) is 1.39. The Hall–Kier alpha value is -2.00. The Morgan fingerprint density at radius 1 is 1.08 bits per heavy atom. The molecule has 1 saturated carbocycles. The molecule has 0 saturated heterocycles. The summed E-state index contributed by atoms with van der Waals surface area (Å²) in [5, 5.41) is 4.03. The van der Waals surface area contributed by atoms with Crippen LogP contribution in [-0.4, -0.2) is 50.0 Å². The Balaban J connectivity index is 1.96. The molecule has 36 heavy (non-hydrogen) atoms. The lowest BCUT2D eigenvalue weighted by Gasteiger charge is -2.32. The van der Waals surface area contributed by atoms with Crippen LogP contribution >= 0.6 is 34.8 Å². The zero-order valence-corrected chi connectivity index (χ0v) is 23.5. The molecule has 0 bridgehead atoms. The van der Waals surface area contributed by atoms with Gasteiger partial charge in [0.1, 0.15) is 12.6 Å². The summed E-state index contributed by atoms with van der Waals surface area (Å²) < 4.78 is 26.5. The SMILES string of the molecule is Cc1ccc(Cl)cc1N(CC(=O)N(Cc1c(Cl)cccc1Cl)[C@@H](C)C(=O)NC1CCCC1)S(C)(=O)=O. The number of rotatable bonds is 9. The minimum Gasteiger partial charge on any atom is -0.352 e. The first-order chi connectivity index (χ1) is 16.9. The molecule has 0 aromatic heterocycles. The first-order valence-electron chi connectivity index (χ1n) is 11.6. The third-order valence-electron chi connectivity index (χ3n) is 6.38. The highest BCUT2D eigenvalue weighted by molar-refractivity contribution is 7.92. The molecule has 1 fully saturated rings. The van der Waals surface area contributed by atoms with Gasteiger partial charge in [-0.3, -0.25) is 13.9 Å². The van der Waals surface area contributed by atoms with Crippen LogP contribution in [0.15, 0.2) is 36.4 Å². The number of halogens is 3. The maximum atomic E-state index is 13.7. The molecule has 0 aliphatic heterocycles. The average Bonchev–Trinajstić information content (AvgIpc) is 3.31. The number of nitrogens with one attached hydrogen (secondary N) is 1. The molecule has 0 heterocycles. The molecule has 0 radical (unpaired) electrons. The van der Waals surface area contributed by atoms with Crippen molar-refractivity contribution in [3.63, 3.8) is 0 Å². The summed E-state index contributed by atoms with van der Waals surface area (Å²) in [6, 6.07) is 8.96. The molecular formula is C25H30Cl3N3O4S. The number of hydrogen-bond acceptors (Lipinski definition) is 4. The highest BCUT2D eigenvalue weighted by Gasteiger charge is 2.32. The molecule has 1 atom stereocenters. The predicted molar refractivity (Wildman–Crippen MR) is 145 cm³/mol. The van der Waals surface area contributed by atoms with Gasteiger partial charge in [-0.2, -0.15) is 0 Å². The Labute approximate surface area is 227 Å². The van der Waals surface area contributed by atoms with E-state index in [-0.39, 0.29) is 24.2 Å². The number of sulfonamides is 1. The molecule has 2 amide bonds. The maximum Gasteiger partial charge on any atom is 0.244 e. The number of aryl methyl sites for hydroxylation is 1. The van der Waals surface area contributed by atoms with Crippen molar-refractivity contribution in [2.45, 2.75) is 58.2 Å². The van der Waals surface area contributed by atoms with Crippen LogP contribution in [0.5, 0.6) is 0 Å². The van der Waals surface area contributed by atoms with Crippen LogP contribution in [0.25, 0.3) is 0 Å². The largest absolute Gasteiger partial charge is 0.352 e. The van der Waals surface area contributed by atoms with Gasteiger partial charge in [0, 0.05) is 33.2 Å². The summed E-state index contributed by atoms with van der Waals surface area (Å²) >= 11 is 18.9. The van der Waals surface area contributed by atoms with E-state index in [2.05, 4.69) is 5.32 Å². The second kappa shape index (κ2) is 12.0. The minimum atomic E-state index is -3.87. The van der Waals surface area contributed by atoms with E-state index in [1.54, 1.807) is 44.2 Å². The predicted octanol–water partition coefficient (Wildman–Crippen LogP) is 5.20. The van der Waals surface area contributed by atoms with Crippen molar-refractivity contribution in [2.24, 2.45) is 0 Å². The van der Waals surface area contributed by atoms with Gasteiger partial charge >= 0.3 is 0 Å². The fourth-order valence-corrected chi connectivity index (χ4v) is 5.86. The molecule has 0 unspecified atom stereocenters. The highest BCUT2D eigenvalue weighted by atomic mass is 35.5. The zero-order chi connectivity index (χ0) is 26.6. The monoisotopic (exact) mass is 573 g/mol. The van der Waals surface area contributed by atoms with E-state index < -0.39 is 28.5 Å². The van der Waals surface area contributed by atoms with Crippen molar-refractivity contribution >= 4 is 62.3 Å². The quantitative estimate of drug-likeness (QED) is 0.446. The van der Waals surface area contributed by atoms with Gasteiger partial charge < -0.3 is 10.2 Å². The third-order valence-corrected chi connectivity index (χ3v) is 8.45. The second-order valence-electron chi connectivity index (χ2n) is 9.09. The highest BCUT2D eigenvalue weighted by Crippen LogP contribution is 2.29. The van der Waals surface area contributed by atoms with Crippen LogP contribution in [0.1, 0.15) is 43.7 Å². The Kier molecular flexibility index (Phi) is 9.55. The Morgan fingerprint density at radius 3 is 2.28 bits per heavy atom. The van der Waals surface area contributed by atoms with E-state index in [0.29, 0.717) is 26.2 Å². The van der Waals surface area contributed by atoms with Crippen LogP contribution in [0.4, 0.5) is 5.69 Å². The topological polar surface area (TPSA) is 86.8 Å². The fraction of sp³-hybridized carbons (Fsp3) is 0.440. The number of benzene rings is 2. The van der Waals surface area contributed by atoms with E-state index >= 15 is 0 Å².